The van der Waals surface area contributed by atoms with Crippen LogP contribution in [0.25, 0.3) is 21.9 Å². The Hall–Kier alpha value is -4.26. The van der Waals surface area contributed by atoms with Crippen LogP contribution < -0.4 is 10.6 Å². The van der Waals surface area contributed by atoms with Crippen LogP contribution in [0.3, 0.4) is 0 Å². The standard InChI is InChI=1S/C26H24N6O/c1-18(21-13-7-11-20-10-5-6-12-22(20)21)31-23(33)15-32-17-30-24-25(28-16-29-26(24)32)27-14-19-8-3-2-4-9-19/h2-13,16-18H,14-15H2,1H3,(H,31,33)(H,27,28,29)/t18-/m1/s1. The number of nitrogens with zero attached hydrogens (tertiary/aromatic N) is 4. The normalized spacial score (nSPS) is 12.0. The van der Waals surface area contributed by atoms with Gasteiger partial charge in [-0.1, -0.05) is 72.8 Å². The molecule has 2 aromatic heterocycles. The molecule has 0 spiro atoms. The summed E-state index contributed by atoms with van der Waals surface area (Å²) in [7, 11) is 0. The van der Waals surface area contributed by atoms with Gasteiger partial charge in [-0.15, -0.1) is 0 Å². The van der Waals surface area contributed by atoms with E-state index in [0.717, 1.165) is 21.9 Å². The van der Waals surface area contributed by atoms with E-state index in [0.29, 0.717) is 23.5 Å². The molecule has 7 nitrogen and oxygen atoms in total. The number of carbonyl (C=O) groups is 1. The van der Waals surface area contributed by atoms with Crippen molar-refractivity contribution in [2.75, 3.05) is 5.32 Å². The maximum absolute atomic E-state index is 12.9. The molecule has 2 heterocycles. The minimum Gasteiger partial charge on any atom is -0.364 e. The Morgan fingerprint density at radius 1 is 0.939 bits per heavy atom. The van der Waals surface area contributed by atoms with E-state index in [4.69, 9.17) is 0 Å². The predicted octanol–water partition coefficient (Wildman–Crippen LogP) is 4.47. The van der Waals surface area contributed by atoms with Gasteiger partial charge in [-0.3, -0.25) is 4.79 Å². The number of benzene rings is 3. The van der Waals surface area contributed by atoms with Gasteiger partial charge in [-0.25, -0.2) is 15.0 Å². The summed E-state index contributed by atoms with van der Waals surface area (Å²) in [6.45, 7) is 2.75. The van der Waals surface area contributed by atoms with Gasteiger partial charge in [0.1, 0.15) is 18.4 Å². The number of imidazole rings is 1. The highest BCUT2D eigenvalue weighted by atomic mass is 16.2. The van der Waals surface area contributed by atoms with Gasteiger partial charge < -0.3 is 15.2 Å². The summed E-state index contributed by atoms with van der Waals surface area (Å²) >= 11 is 0. The zero-order valence-electron chi connectivity index (χ0n) is 18.3. The Morgan fingerprint density at radius 2 is 1.73 bits per heavy atom. The Kier molecular flexibility index (Phi) is 5.68. The van der Waals surface area contributed by atoms with Crippen LogP contribution in [0.4, 0.5) is 5.82 Å². The smallest absolute Gasteiger partial charge is 0.240 e. The predicted molar refractivity (Wildman–Crippen MR) is 130 cm³/mol. The van der Waals surface area contributed by atoms with Crippen molar-refractivity contribution in [3.8, 4) is 0 Å². The first-order valence-corrected chi connectivity index (χ1v) is 10.9. The Morgan fingerprint density at radius 3 is 2.61 bits per heavy atom. The summed E-state index contributed by atoms with van der Waals surface area (Å²) in [6.07, 6.45) is 3.12. The Bertz CT molecular complexity index is 1410. The minimum absolute atomic E-state index is 0.104. The van der Waals surface area contributed by atoms with Crippen LogP contribution in [-0.4, -0.2) is 25.4 Å². The summed E-state index contributed by atoms with van der Waals surface area (Å²) in [5.41, 5.74) is 3.49. The maximum atomic E-state index is 12.9. The number of rotatable bonds is 7. The van der Waals surface area contributed by atoms with Crippen molar-refractivity contribution in [2.24, 2.45) is 0 Å². The largest absolute Gasteiger partial charge is 0.364 e. The summed E-state index contributed by atoms with van der Waals surface area (Å²) < 4.78 is 1.75. The van der Waals surface area contributed by atoms with Crippen molar-refractivity contribution in [1.82, 2.24) is 24.8 Å². The summed E-state index contributed by atoms with van der Waals surface area (Å²) in [5, 5.41) is 8.72. The lowest BCUT2D eigenvalue weighted by Gasteiger charge is -2.17. The molecule has 3 aromatic carbocycles. The Labute approximate surface area is 191 Å². The molecule has 0 saturated heterocycles. The number of aromatic nitrogens is 4. The number of nitrogens with one attached hydrogen (secondary N) is 2. The summed E-state index contributed by atoms with van der Waals surface area (Å²) in [4.78, 5) is 26.0. The SMILES string of the molecule is C[C@@H](NC(=O)Cn1cnc2c(NCc3ccccc3)ncnc21)c1cccc2ccccc12. The highest BCUT2D eigenvalue weighted by Crippen LogP contribution is 2.24. The van der Waals surface area contributed by atoms with Crippen molar-refractivity contribution >= 4 is 33.7 Å². The van der Waals surface area contributed by atoms with Crippen molar-refractivity contribution in [3.05, 3.63) is 96.6 Å². The molecule has 0 radical (unpaired) electrons. The fraction of sp³-hybridized carbons (Fsp3) is 0.154. The van der Waals surface area contributed by atoms with E-state index in [1.165, 1.54) is 6.33 Å². The third-order valence-electron chi connectivity index (χ3n) is 5.69. The first-order valence-electron chi connectivity index (χ1n) is 10.9. The second-order valence-corrected chi connectivity index (χ2v) is 7.96. The van der Waals surface area contributed by atoms with Crippen LogP contribution >= 0.6 is 0 Å². The number of carbonyl (C=O) groups excluding carboxylic acids is 1. The van der Waals surface area contributed by atoms with Gasteiger partial charge in [-0.2, -0.15) is 0 Å². The van der Waals surface area contributed by atoms with Gasteiger partial charge in [-0.05, 0) is 28.8 Å². The molecule has 1 atom stereocenters. The van der Waals surface area contributed by atoms with Crippen LogP contribution in [-0.2, 0) is 17.9 Å². The van der Waals surface area contributed by atoms with E-state index in [-0.39, 0.29) is 18.5 Å². The molecule has 0 unspecified atom stereocenters. The van der Waals surface area contributed by atoms with Gasteiger partial charge in [0.15, 0.2) is 11.5 Å². The molecular weight excluding hydrogens is 412 g/mol. The van der Waals surface area contributed by atoms with Crippen LogP contribution in [0.15, 0.2) is 85.5 Å². The van der Waals surface area contributed by atoms with Crippen LogP contribution in [0.5, 0.6) is 0 Å². The topological polar surface area (TPSA) is 84.7 Å². The number of amides is 1. The van der Waals surface area contributed by atoms with Gasteiger partial charge in [0.05, 0.1) is 12.4 Å². The highest BCUT2D eigenvalue weighted by Gasteiger charge is 2.15. The van der Waals surface area contributed by atoms with Gasteiger partial charge >= 0.3 is 0 Å². The van der Waals surface area contributed by atoms with E-state index in [1.807, 2.05) is 55.5 Å². The quantitative estimate of drug-likeness (QED) is 0.393. The molecule has 5 rings (SSSR count). The molecule has 0 aliphatic carbocycles. The second-order valence-electron chi connectivity index (χ2n) is 7.96. The van der Waals surface area contributed by atoms with E-state index in [9.17, 15) is 4.79 Å². The molecule has 33 heavy (non-hydrogen) atoms. The van der Waals surface area contributed by atoms with Crippen LogP contribution in [0.1, 0.15) is 24.1 Å². The average Bonchev–Trinajstić information content (AvgIpc) is 3.26. The second kappa shape index (κ2) is 9.08. The minimum atomic E-state index is -0.129. The van der Waals surface area contributed by atoms with E-state index >= 15 is 0 Å². The van der Waals surface area contributed by atoms with Crippen LogP contribution in [0.2, 0.25) is 0 Å². The molecule has 0 fully saturated rings. The lowest BCUT2D eigenvalue weighted by atomic mass is 10.00. The molecule has 7 heteroatoms. The molecule has 0 aliphatic heterocycles. The number of hydrogen-bond acceptors (Lipinski definition) is 5. The zero-order chi connectivity index (χ0) is 22.6. The molecular formula is C26H24N6O. The first kappa shape index (κ1) is 20.6. The first-order chi connectivity index (χ1) is 16.2. The van der Waals surface area contributed by atoms with Crippen molar-refractivity contribution in [1.29, 1.82) is 0 Å². The van der Waals surface area contributed by atoms with Crippen molar-refractivity contribution < 1.29 is 4.79 Å². The summed E-state index contributed by atoms with van der Waals surface area (Å²) in [5.74, 6) is 0.541. The third kappa shape index (κ3) is 4.39. The molecule has 0 saturated carbocycles. The van der Waals surface area contributed by atoms with Gasteiger partial charge in [0, 0.05) is 6.54 Å². The van der Waals surface area contributed by atoms with Gasteiger partial charge in [0.25, 0.3) is 0 Å². The number of anilines is 1. The Balaban J connectivity index is 1.30. The van der Waals surface area contributed by atoms with Gasteiger partial charge in [0.2, 0.25) is 5.91 Å². The van der Waals surface area contributed by atoms with E-state index in [2.05, 4.69) is 49.9 Å². The molecule has 2 N–H and O–H groups in total. The fourth-order valence-corrected chi connectivity index (χ4v) is 4.06. The average molecular weight is 437 g/mol. The number of hydrogen-bond donors (Lipinski definition) is 2. The molecule has 164 valence electrons. The maximum Gasteiger partial charge on any atom is 0.240 e. The fourth-order valence-electron chi connectivity index (χ4n) is 4.06. The lowest BCUT2D eigenvalue weighted by molar-refractivity contribution is -0.122. The number of fused-ring (bicyclic) bond motifs is 2. The monoisotopic (exact) mass is 436 g/mol. The molecule has 5 aromatic rings. The lowest BCUT2D eigenvalue weighted by Crippen LogP contribution is -2.30. The van der Waals surface area contributed by atoms with E-state index < -0.39 is 0 Å². The van der Waals surface area contributed by atoms with Crippen molar-refractivity contribution in [3.63, 3.8) is 0 Å². The molecule has 0 aliphatic rings. The third-order valence-corrected chi connectivity index (χ3v) is 5.69. The summed E-state index contributed by atoms with van der Waals surface area (Å²) in [6, 6.07) is 24.3. The molecule has 1 amide bonds. The molecule has 0 bridgehead atoms. The zero-order valence-corrected chi connectivity index (χ0v) is 18.3. The van der Waals surface area contributed by atoms with Crippen molar-refractivity contribution in [2.45, 2.75) is 26.1 Å². The van der Waals surface area contributed by atoms with E-state index in [1.54, 1.807) is 10.9 Å². The van der Waals surface area contributed by atoms with Crippen LogP contribution in [0, 0.1) is 0 Å². The highest BCUT2D eigenvalue weighted by molar-refractivity contribution is 5.87.